The average Bonchev–Trinajstić information content (AvgIpc) is 2.67. The van der Waals surface area contributed by atoms with Gasteiger partial charge in [-0.2, -0.15) is 0 Å². The Morgan fingerprint density at radius 3 is 2.21 bits per heavy atom. The third kappa shape index (κ3) is 2.47. The molecule has 0 amide bonds. The van der Waals surface area contributed by atoms with Gasteiger partial charge in [0.25, 0.3) is 0 Å². The van der Waals surface area contributed by atoms with Crippen molar-refractivity contribution in [2.45, 2.75) is 0 Å². The zero-order valence-electron chi connectivity index (χ0n) is 14.2. The third-order valence-electron chi connectivity index (χ3n) is 4.52. The van der Waals surface area contributed by atoms with Crippen LogP contribution in [0.15, 0.2) is 54.6 Å². The van der Waals surface area contributed by atoms with Crippen LogP contribution in [0.2, 0.25) is 0 Å². The number of phenols is 2. The molecule has 8 nitrogen and oxygen atoms in total. The van der Waals surface area contributed by atoms with Gasteiger partial charge in [0.2, 0.25) is 11.5 Å². The molecule has 0 fully saturated rings. The number of benzene rings is 3. The van der Waals surface area contributed by atoms with Gasteiger partial charge in [0, 0.05) is 17.3 Å². The molecule has 8 heteroatoms. The summed E-state index contributed by atoms with van der Waals surface area (Å²) >= 11 is 0. The number of rotatable bonds is 3. The lowest BCUT2D eigenvalue weighted by Gasteiger charge is -2.22. The van der Waals surface area contributed by atoms with Crippen molar-refractivity contribution in [1.82, 2.24) is 0 Å². The standard InChI is InChI=1S/C20H12N2O6/c23-14-9-7-12(21-10-4-2-1-3-5-10)16-17(14)20(26)15-11(18(16)24)6-8-13(19(15)25)22(27)28/h1-9,21,23,25H. The SMILES string of the molecule is O=C1c2c(ccc([N+](=O)[O-])c2O)C(=O)c2c(Nc3ccccc3)ccc(O)c21. The number of phenolic OH excluding ortho intramolecular Hbond substituents is 2. The van der Waals surface area contributed by atoms with E-state index in [-0.39, 0.29) is 16.7 Å². The van der Waals surface area contributed by atoms with Crippen LogP contribution >= 0.6 is 0 Å². The molecule has 0 radical (unpaired) electrons. The number of nitrogens with zero attached hydrogens (tertiary/aromatic N) is 1. The van der Waals surface area contributed by atoms with Gasteiger partial charge in [0.05, 0.1) is 27.3 Å². The van der Waals surface area contributed by atoms with Gasteiger partial charge in [-0.15, -0.1) is 0 Å². The van der Waals surface area contributed by atoms with E-state index in [1.165, 1.54) is 12.1 Å². The summed E-state index contributed by atoms with van der Waals surface area (Å²) in [5.74, 6) is -2.85. The number of anilines is 2. The number of carbonyl (C=O) groups is 2. The number of nitro groups is 1. The van der Waals surface area contributed by atoms with Gasteiger partial charge in [-0.25, -0.2) is 0 Å². The fourth-order valence-corrected chi connectivity index (χ4v) is 3.24. The molecule has 1 aliphatic carbocycles. The zero-order valence-corrected chi connectivity index (χ0v) is 14.2. The number of aromatic hydroxyl groups is 2. The topological polar surface area (TPSA) is 130 Å². The van der Waals surface area contributed by atoms with Crippen LogP contribution in [0.3, 0.4) is 0 Å². The third-order valence-corrected chi connectivity index (χ3v) is 4.52. The van der Waals surface area contributed by atoms with Gasteiger partial charge in [0.15, 0.2) is 5.78 Å². The molecule has 0 atom stereocenters. The first-order chi connectivity index (χ1) is 13.4. The second kappa shape index (κ2) is 6.20. The molecule has 0 heterocycles. The summed E-state index contributed by atoms with van der Waals surface area (Å²) in [5, 5.41) is 34.5. The Hall–Kier alpha value is -4.20. The minimum Gasteiger partial charge on any atom is -0.507 e. The summed E-state index contributed by atoms with van der Waals surface area (Å²) in [7, 11) is 0. The molecule has 0 saturated heterocycles. The number of carbonyl (C=O) groups excluding carboxylic acids is 2. The number of ketones is 2. The highest BCUT2D eigenvalue weighted by atomic mass is 16.6. The Bertz CT molecular complexity index is 1170. The number of nitrogens with one attached hydrogen (secondary N) is 1. The summed E-state index contributed by atoms with van der Waals surface area (Å²) < 4.78 is 0. The van der Waals surface area contributed by atoms with E-state index in [1.807, 2.05) is 6.07 Å². The van der Waals surface area contributed by atoms with E-state index in [2.05, 4.69) is 5.32 Å². The van der Waals surface area contributed by atoms with Crippen molar-refractivity contribution >= 4 is 28.6 Å². The van der Waals surface area contributed by atoms with E-state index in [9.17, 15) is 29.9 Å². The van der Waals surface area contributed by atoms with E-state index in [0.717, 1.165) is 12.1 Å². The molecule has 3 aromatic rings. The van der Waals surface area contributed by atoms with E-state index >= 15 is 0 Å². The predicted octanol–water partition coefficient (Wildman–Crippen LogP) is 3.53. The van der Waals surface area contributed by atoms with E-state index in [0.29, 0.717) is 11.4 Å². The highest BCUT2D eigenvalue weighted by molar-refractivity contribution is 6.32. The zero-order chi connectivity index (χ0) is 20.0. The number of hydrogen-bond donors (Lipinski definition) is 3. The molecule has 3 N–H and O–H groups in total. The molecule has 0 aromatic heterocycles. The van der Waals surface area contributed by atoms with Crippen molar-refractivity contribution in [3.05, 3.63) is 87.0 Å². The second-order valence-corrected chi connectivity index (χ2v) is 6.14. The summed E-state index contributed by atoms with van der Waals surface area (Å²) in [6, 6.07) is 13.7. The van der Waals surface area contributed by atoms with E-state index in [1.54, 1.807) is 24.3 Å². The fourth-order valence-electron chi connectivity index (χ4n) is 3.24. The Balaban J connectivity index is 1.93. The normalized spacial score (nSPS) is 12.3. The number of fused-ring (bicyclic) bond motifs is 2. The summed E-state index contributed by atoms with van der Waals surface area (Å²) in [5.41, 5.74) is -0.764. The molecule has 28 heavy (non-hydrogen) atoms. The maximum Gasteiger partial charge on any atom is 0.311 e. The van der Waals surface area contributed by atoms with Crippen LogP contribution in [0.1, 0.15) is 31.8 Å². The fraction of sp³-hybridized carbons (Fsp3) is 0. The number of para-hydroxylation sites is 1. The average molecular weight is 376 g/mol. The van der Waals surface area contributed by atoms with Crippen molar-refractivity contribution < 1.29 is 24.7 Å². The van der Waals surface area contributed by atoms with Crippen LogP contribution in [-0.4, -0.2) is 26.7 Å². The molecular weight excluding hydrogens is 364 g/mol. The van der Waals surface area contributed by atoms with Gasteiger partial charge < -0.3 is 15.5 Å². The summed E-state index contributed by atoms with van der Waals surface area (Å²) in [6.07, 6.45) is 0. The Morgan fingerprint density at radius 1 is 0.821 bits per heavy atom. The van der Waals surface area contributed by atoms with E-state index in [4.69, 9.17) is 0 Å². The van der Waals surface area contributed by atoms with Crippen LogP contribution < -0.4 is 5.32 Å². The highest BCUT2D eigenvalue weighted by Gasteiger charge is 2.38. The van der Waals surface area contributed by atoms with Crippen molar-refractivity contribution in [2.24, 2.45) is 0 Å². The quantitative estimate of drug-likeness (QED) is 0.283. The molecule has 0 aliphatic heterocycles. The number of nitro benzene ring substituents is 1. The van der Waals surface area contributed by atoms with Crippen molar-refractivity contribution in [3.8, 4) is 11.5 Å². The van der Waals surface area contributed by atoms with Crippen LogP contribution in [0.4, 0.5) is 17.1 Å². The first kappa shape index (κ1) is 17.2. The molecule has 0 bridgehead atoms. The molecule has 0 spiro atoms. The Kier molecular flexibility index (Phi) is 3.82. The molecule has 138 valence electrons. The molecule has 0 unspecified atom stereocenters. The van der Waals surface area contributed by atoms with Crippen LogP contribution in [0.25, 0.3) is 0 Å². The first-order valence-electron chi connectivity index (χ1n) is 8.18. The van der Waals surface area contributed by atoms with Gasteiger partial charge >= 0.3 is 5.69 Å². The van der Waals surface area contributed by atoms with Crippen molar-refractivity contribution in [3.63, 3.8) is 0 Å². The minimum absolute atomic E-state index is 0.0605. The Morgan fingerprint density at radius 2 is 1.54 bits per heavy atom. The maximum atomic E-state index is 13.1. The van der Waals surface area contributed by atoms with Crippen molar-refractivity contribution in [1.29, 1.82) is 0 Å². The minimum atomic E-state index is -0.896. The van der Waals surface area contributed by atoms with Crippen LogP contribution in [-0.2, 0) is 0 Å². The van der Waals surface area contributed by atoms with Crippen LogP contribution in [0, 0.1) is 10.1 Å². The summed E-state index contributed by atoms with van der Waals surface area (Å²) in [6.45, 7) is 0. The molecule has 1 aliphatic rings. The first-order valence-corrected chi connectivity index (χ1v) is 8.18. The molecule has 0 saturated carbocycles. The van der Waals surface area contributed by atoms with Crippen LogP contribution in [0.5, 0.6) is 11.5 Å². The van der Waals surface area contributed by atoms with E-state index < -0.39 is 39.2 Å². The Labute approximate surface area is 157 Å². The van der Waals surface area contributed by atoms with Gasteiger partial charge in [-0.3, -0.25) is 19.7 Å². The van der Waals surface area contributed by atoms with Gasteiger partial charge in [-0.1, -0.05) is 18.2 Å². The number of hydrogen-bond acceptors (Lipinski definition) is 7. The smallest absolute Gasteiger partial charge is 0.311 e. The van der Waals surface area contributed by atoms with Gasteiger partial charge in [-0.05, 0) is 30.3 Å². The lowest BCUT2D eigenvalue weighted by molar-refractivity contribution is -0.385. The largest absolute Gasteiger partial charge is 0.507 e. The molecule has 4 rings (SSSR count). The van der Waals surface area contributed by atoms with Gasteiger partial charge in [0.1, 0.15) is 5.75 Å². The predicted molar refractivity (Wildman–Crippen MR) is 99.5 cm³/mol. The second-order valence-electron chi connectivity index (χ2n) is 6.14. The maximum absolute atomic E-state index is 13.1. The molecule has 3 aromatic carbocycles. The highest BCUT2D eigenvalue weighted by Crippen LogP contribution is 2.43. The summed E-state index contributed by atoms with van der Waals surface area (Å²) in [4.78, 5) is 36.2. The monoisotopic (exact) mass is 376 g/mol. The lowest BCUT2D eigenvalue weighted by Crippen LogP contribution is -2.23. The molecular formula is C20H12N2O6. The van der Waals surface area contributed by atoms with Crippen molar-refractivity contribution in [2.75, 3.05) is 5.32 Å². The lowest BCUT2D eigenvalue weighted by atomic mass is 9.82.